The summed E-state index contributed by atoms with van der Waals surface area (Å²) < 4.78 is 15.1. The van der Waals surface area contributed by atoms with Gasteiger partial charge in [-0.05, 0) is 6.07 Å². The van der Waals surface area contributed by atoms with E-state index >= 15 is 0 Å². The summed E-state index contributed by atoms with van der Waals surface area (Å²) in [6.45, 7) is 0.506. The van der Waals surface area contributed by atoms with Gasteiger partial charge in [-0.1, -0.05) is 5.21 Å². The number of halogens is 1. The number of nitrogens with one attached hydrogen (secondary N) is 1. The summed E-state index contributed by atoms with van der Waals surface area (Å²) >= 11 is 0. The smallest absolute Gasteiger partial charge is 0.272 e. The van der Waals surface area contributed by atoms with Crippen molar-refractivity contribution in [2.24, 2.45) is 0 Å². The molecule has 0 aliphatic carbocycles. The zero-order valence-corrected chi connectivity index (χ0v) is 10.4. The second-order valence-corrected chi connectivity index (χ2v) is 3.97. The first-order valence-electron chi connectivity index (χ1n) is 5.78. The van der Waals surface area contributed by atoms with Gasteiger partial charge in [0.2, 0.25) is 0 Å². The molecule has 9 heteroatoms. The minimum Gasteiger partial charge on any atom is -0.394 e. The van der Waals surface area contributed by atoms with Crippen LogP contribution in [0.1, 0.15) is 5.69 Å². The van der Waals surface area contributed by atoms with Crippen molar-refractivity contribution in [3.8, 4) is 0 Å². The number of aromatic nitrogens is 3. The van der Waals surface area contributed by atoms with Gasteiger partial charge in [0.25, 0.3) is 5.69 Å². The number of anilines is 1. The van der Waals surface area contributed by atoms with Gasteiger partial charge in [0, 0.05) is 6.07 Å². The zero-order chi connectivity index (χ0) is 14.5. The normalized spacial score (nSPS) is 10.5. The molecular weight excluding hydrogens is 269 g/mol. The number of hydrogen-bond donors (Lipinski definition) is 2. The lowest BCUT2D eigenvalue weighted by molar-refractivity contribution is -0.385. The summed E-state index contributed by atoms with van der Waals surface area (Å²) in [6, 6.07) is 3.37. The highest BCUT2D eigenvalue weighted by molar-refractivity contribution is 5.50. The average Bonchev–Trinajstić information content (AvgIpc) is 2.85. The molecule has 0 saturated carbocycles. The van der Waals surface area contributed by atoms with Crippen LogP contribution < -0.4 is 5.32 Å². The third-order valence-corrected chi connectivity index (χ3v) is 2.54. The number of aliphatic hydroxyl groups excluding tert-OH is 1. The molecule has 1 aromatic heterocycles. The Hall–Kier alpha value is -2.55. The Morgan fingerprint density at radius 1 is 1.50 bits per heavy atom. The molecule has 0 aliphatic rings. The Morgan fingerprint density at radius 2 is 2.30 bits per heavy atom. The van der Waals surface area contributed by atoms with Crippen molar-refractivity contribution in [2.45, 2.75) is 13.1 Å². The van der Waals surface area contributed by atoms with Crippen molar-refractivity contribution in [2.75, 3.05) is 11.9 Å². The van der Waals surface area contributed by atoms with E-state index in [0.29, 0.717) is 12.2 Å². The van der Waals surface area contributed by atoms with Crippen LogP contribution in [0, 0.1) is 15.9 Å². The van der Waals surface area contributed by atoms with Crippen molar-refractivity contribution in [3.05, 3.63) is 46.0 Å². The highest BCUT2D eigenvalue weighted by atomic mass is 19.1. The minimum atomic E-state index is -0.707. The molecule has 0 atom stereocenters. The molecule has 0 saturated heterocycles. The second kappa shape index (κ2) is 6.06. The molecule has 1 aromatic carbocycles. The molecule has 8 nitrogen and oxygen atoms in total. The van der Waals surface area contributed by atoms with Gasteiger partial charge < -0.3 is 10.4 Å². The number of non-ortho nitro benzene ring substituents is 1. The fourth-order valence-corrected chi connectivity index (χ4v) is 1.58. The van der Waals surface area contributed by atoms with Gasteiger partial charge in [0.15, 0.2) is 5.82 Å². The largest absolute Gasteiger partial charge is 0.394 e. The topological polar surface area (TPSA) is 106 Å². The first kappa shape index (κ1) is 13.9. The van der Waals surface area contributed by atoms with Gasteiger partial charge in [-0.2, -0.15) is 0 Å². The summed E-state index contributed by atoms with van der Waals surface area (Å²) in [5.74, 6) is -0.707. The predicted molar refractivity (Wildman–Crippen MR) is 67.5 cm³/mol. The number of nitro groups is 1. The van der Waals surface area contributed by atoms with Gasteiger partial charge in [-0.25, -0.2) is 9.07 Å². The third kappa shape index (κ3) is 3.26. The lowest BCUT2D eigenvalue weighted by Crippen LogP contribution is -2.03. The number of rotatable bonds is 6. The lowest BCUT2D eigenvalue weighted by atomic mass is 10.2. The van der Waals surface area contributed by atoms with E-state index in [2.05, 4.69) is 15.6 Å². The molecule has 0 unspecified atom stereocenters. The lowest BCUT2D eigenvalue weighted by Gasteiger charge is -2.05. The van der Waals surface area contributed by atoms with Crippen LogP contribution in [0.2, 0.25) is 0 Å². The highest BCUT2D eigenvalue weighted by Crippen LogP contribution is 2.20. The molecule has 0 fully saturated rings. The standard InChI is InChI=1S/C11H12FN5O3/c12-10-5-9(17(19)20)1-2-11(10)13-6-8-7-16(3-4-18)15-14-8/h1-2,5,7,13,18H,3-4,6H2. The van der Waals surface area contributed by atoms with Crippen molar-refractivity contribution in [1.29, 1.82) is 0 Å². The van der Waals surface area contributed by atoms with Crippen LogP contribution in [0.15, 0.2) is 24.4 Å². The van der Waals surface area contributed by atoms with Crippen molar-refractivity contribution < 1.29 is 14.4 Å². The molecule has 0 amide bonds. The number of nitrogens with zero attached hydrogens (tertiary/aromatic N) is 4. The maximum absolute atomic E-state index is 13.6. The van der Waals surface area contributed by atoms with Gasteiger partial charge >= 0.3 is 0 Å². The Morgan fingerprint density at radius 3 is 2.95 bits per heavy atom. The molecule has 20 heavy (non-hydrogen) atoms. The molecule has 1 heterocycles. The van der Waals surface area contributed by atoms with E-state index < -0.39 is 10.7 Å². The molecule has 0 bridgehead atoms. The quantitative estimate of drug-likeness (QED) is 0.602. The van der Waals surface area contributed by atoms with Gasteiger partial charge in [0.1, 0.15) is 5.69 Å². The number of nitro benzene ring substituents is 1. The monoisotopic (exact) mass is 281 g/mol. The predicted octanol–water partition coefficient (Wildman–Crippen LogP) is 0.930. The summed E-state index contributed by atoms with van der Waals surface area (Å²) in [5.41, 5.74) is 0.408. The van der Waals surface area contributed by atoms with Crippen LogP contribution in [0.3, 0.4) is 0 Å². The van der Waals surface area contributed by atoms with Crippen LogP contribution in [0.25, 0.3) is 0 Å². The Balaban J connectivity index is 2.01. The average molecular weight is 281 g/mol. The fraction of sp³-hybridized carbons (Fsp3) is 0.273. The van der Waals surface area contributed by atoms with Crippen molar-refractivity contribution in [1.82, 2.24) is 15.0 Å². The van der Waals surface area contributed by atoms with Crippen LogP contribution in [-0.4, -0.2) is 31.6 Å². The third-order valence-electron chi connectivity index (χ3n) is 2.54. The second-order valence-electron chi connectivity index (χ2n) is 3.97. The molecule has 2 aromatic rings. The molecular formula is C11H12FN5O3. The zero-order valence-electron chi connectivity index (χ0n) is 10.4. The maximum atomic E-state index is 13.6. The van der Waals surface area contributed by atoms with E-state index in [1.807, 2.05) is 0 Å². The van der Waals surface area contributed by atoms with Crippen molar-refractivity contribution in [3.63, 3.8) is 0 Å². The molecule has 2 N–H and O–H groups in total. The van der Waals surface area contributed by atoms with Crippen LogP contribution in [0.5, 0.6) is 0 Å². The van der Waals surface area contributed by atoms with E-state index in [1.165, 1.54) is 16.8 Å². The fourth-order valence-electron chi connectivity index (χ4n) is 1.58. The SMILES string of the molecule is O=[N+]([O-])c1ccc(NCc2cn(CCO)nn2)c(F)c1. The summed E-state index contributed by atoms with van der Waals surface area (Å²) in [7, 11) is 0. The number of hydrogen-bond acceptors (Lipinski definition) is 6. The summed E-state index contributed by atoms with van der Waals surface area (Å²) in [5, 5.41) is 29.6. The van der Waals surface area contributed by atoms with Crippen LogP contribution in [0.4, 0.5) is 15.8 Å². The van der Waals surface area contributed by atoms with Crippen LogP contribution >= 0.6 is 0 Å². The van der Waals surface area contributed by atoms with E-state index in [4.69, 9.17) is 5.11 Å². The van der Waals surface area contributed by atoms with Gasteiger partial charge in [-0.15, -0.1) is 5.10 Å². The minimum absolute atomic E-state index is 0.0484. The van der Waals surface area contributed by atoms with Gasteiger partial charge in [-0.3, -0.25) is 10.1 Å². The molecule has 2 rings (SSSR count). The summed E-state index contributed by atoms with van der Waals surface area (Å²) in [4.78, 5) is 9.83. The van der Waals surface area contributed by atoms with E-state index in [0.717, 1.165) is 6.07 Å². The van der Waals surface area contributed by atoms with Gasteiger partial charge in [0.05, 0.1) is 42.6 Å². The summed E-state index contributed by atoms with van der Waals surface area (Å²) in [6.07, 6.45) is 1.62. The highest BCUT2D eigenvalue weighted by Gasteiger charge is 2.10. The van der Waals surface area contributed by atoms with Crippen LogP contribution in [-0.2, 0) is 13.1 Å². The van der Waals surface area contributed by atoms with E-state index in [-0.39, 0.29) is 24.5 Å². The van der Waals surface area contributed by atoms with Crippen molar-refractivity contribution >= 4 is 11.4 Å². The Bertz CT molecular complexity index is 616. The number of benzene rings is 1. The maximum Gasteiger partial charge on any atom is 0.272 e. The first-order valence-corrected chi connectivity index (χ1v) is 5.78. The number of aliphatic hydroxyl groups is 1. The van der Waals surface area contributed by atoms with E-state index in [1.54, 1.807) is 6.20 Å². The Labute approximate surface area is 113 Å². The molecule has 0 spiro atoms. The Kier molecular flexibility index (Phi) is 4.20. The molecule has 106 valence electrons. The molecule has 0 radical (unpaired) electrons. The first-order chi connectivity index (χ1) is 9.60. The van der Waals surface area contributed by atoms with E-state index in [9.17, 15) is 14.5 Å². The molecule has 0 aliphatic heterocycles.